The molecule has 0 spiro atoms. The van der Waals surface area contributed by atoms with Crippen LogP contribution in [0, 0.1) is 6.92 Å². The summed E-state index contributed by atoms with van der Waals surface area (Å²) in [5.41, 5.74) is 5.34. The third-order valence-corrected chi connectivity index (χ3v) is 7.00. The number of hydrogen-bond donors (Lipinski definition) is 2. The summed E-state index contributed by atoms with van der Waals surface area (Å²) in [6, 6.07) is 41.0. The summed E-state index contributed by atoms with van der Waals surface area (Å²) < 4.78 is 12.4. The molecule has 0 bridgehead atoms. The second-order valence-electron chi connectivity index (χ2n) is 10.3. The molecule has 5 aromatic rings. The Labute approximate surface area is 252 Å². The highest BCUT2D eigenvalue weighted by Gasteiger charge is 2.25. The highest BCUT2D eigenvalue weighted by Crippen LogP contribution is 2.33. The number of aryl methyl sites for hydroxylation is 1. The molecular formula is C37H34N2O4. The van der Waals surface area contributed by atoms with E-state index in [9.17, 15) is 9.59 Å². The number of esters is 1. The van der Waals surface area contributed by atoms with Crippen molar-refractivity contribution < 1.29 is 19.1 Å². The molecule has 6 heteroatoms. The molecule has 216 valence electrons. The number of anilines is 2. The molecule has 0 fully saturated rings. The first-order chi connectivity index (χ1) is 21.0. The monoisotopic (exact) mass is 570 g/mol. The topological polar surface area (TPSA) is 76.7 Å². The van der Waals surface area contributed by atoms with E-state index in [2.05, 4.69) is 10.6 Å². The van der Waals surface area contributed by atoms with Crippen molar-refractivity contribution >= 4 is 23.3 Å². The number of rotatable bonds is 11. The zero-order valence-corrected chi connectivity index (χ0v) is 24.2. The molecule has 2 atom stereocenters. The van der Waals surface area contributed by atoms with E-state index >= 15 is 0 Å². The van der Waals surface area contributed by atoms with Gasteiger partial charge in [0.1, 0.15) is 18.5 Å². The predicted molar refractivity (Wildman–Crippen MR) is 170 cm³/mol. The van der Waals surface area contributed by atoms with Crippen LogP contribution >= 0.6 is 0 Å². The average Bonchev–Trinajstić information content (AvgIpc) is 3.05. The first-order valence-corrected chi connectivity index (χ1v) is 14.2. The molecule has 0 saturated carbocycles. The van der Waals surface area contributed by atoms with Crippen LogP contribution in [0.1, 0.15) is 50.4 Å². The minimum absolute atomic E-state index is 0.212. The molecule has 5 aromatic carbocycles. The lowest BCUT2D eigenvalue weighted by Gasteiger charge is -2.27. The third kappa shape index (κ3) is 7.89. The van der Waals surface area contributed by atoms with Crippen molar-refractivity contribution in [2.45, 2.75) is 32.6 Å². The van der Waals surface area contributed by atoms with Crippen LogP contribution in [0.25, 0.3) is 0 Å². The molecule has 0 saturated heterocycles. The van der Waals surface area contributed by atoms with E-state index in [-0.39, 0.29) is 11.9 Å². The summed E-state index contributed by atoms with van der Waals surface area (Å²) in [4.78, 5) is 26.0. The standard InChI is InChI=1S/C37H34N2O4/c1-26-18-20-29(21-19-26)35(43-37(41)31-16-10-5-11-17-31)27(2)38-33-23-22-32(39-36(40)30-14-8-4-9-15-30)24-34(33)42-25-28-12-6-3-7-13-28/h3-24,27,35,38H,25H2,1-2H3,(H,39,40). The Morgan fingerprint density at radius 2 is 1.33 bits per heavy atom. The van der Waals surface area contributed by atoms with Crippen LogP contribution < -0.4 is 15.4 Å². The van der Waals surface area contributed by atoms with Crippen molar-refractivity contribution in [2.24, 2.45) is 0 Å². The molecule has 2 N–H and O–H groups in total. The van der Waals surface area contributed by atoms with Gasteiger partial charge >= 0.3 is 5.97 Å². The molecule has 0 heterocycles. The summed E-state index contributed by atoms with van der Waals surface area (Å²) in [6.45, 7) is 4.32. The van der Waals surface area contributed by atoms with E-state index in [1.54, 1.807) is 30.3 Å². The summed E-state index contributed by atoms with van der Waals surface area (Å²) >= 11 is 0. The van der Waals surface area contributed by atoms with E-state index in [1.165, 1.54) is 0 Å². The summed E-state index contributed by atoms with van der Waals surface area (Å²) in [6.07, 6.45) is -0.590. The summed E-state index contributed by atoms with van der Waals surface area (Å²) in [5, 5.41) is 6.47. The quantitative estimate of drug-likeness (QED) is 0.157. The molecule has 1 amide bonds. The zero-order chi connectivity index (χ0) is 30.0. The zero-order valence-electron chi connectivity index (χ0n) is 24.2. The molecule has 43 heavy (non-hydrogen) atoms. The summed E-state index contributed by atoms with van der Waals surface area (Å²) in [7, 11) is 0. The van der Waals surface area contributed by atoms with Crippen molar-refractivity contribution in [3.05, 3.63) is 161 Å². The molecule has 0 aliphatic carbocycles. The number of nitrogens with one attached hydrogen (secondary N) is 2. The highest BCUT2D eigenvalue weighted by molar-refractivity contribution is 6.04. The van der Waals surface area contributed by atoms with E-state index in [0.29, 0.717) is 34.9 Å². The summed E-state index contributed by atoms with van der Waals surface area (Å²) in [5.74, 6) is -0.0612. The fraction of sp³-hybridized carbons (Fsp3) is 0.135. The van der Waals surface area contributed by atoms with Gasteiger partial charge < -0.3 is 20.1 Å². The van der Waals surface area contributed by atoms with E-state index in [4.69, 9.17) is 9.47 Å². The second kappa shape index (κ2) is 14.0. The van der Waals surface area contributed by atoms with E-state index < -0.39 is 12.1 Å². The average molecular weight is 571 g/mol. The SMILES string of the molecule is Cc1ccc(C(OC(=O)c2ccccc2)C(C)Nc2ccc(NC(=O)c3ccccc3)cc2OCc2ccccc2)cc1. The molecule has 5 rings (SSSR count). The van der Waals surface area contributed by atoms with Crippen LogP contribution in [-0.4, -0.2) is 17.9 Å². The maximum Gasteiger partial charge on any atom is 0.338 e. The van der Waals surface area contributed by atoms with Crippen LogP contribution in [0.3, 0.4) is 0 Å². The Hall–Kier alpha value is -5.36. The molecule has 0 aromatic heterocycles. The first kappa shape index (κ1) is 29.1. The maximum absolute atomic E-state index is 13.1. The van der Waals surface area contributed by atoms with E-state index in [0.717, 1.165) is 16.7 Å². The van der Waals surface area contributed by atoms with Gasteiger partial charge in [-0.05, 0) is 61.4 Å². The second-order valence-corrected chi connectivity index (χ2v) is 10.3. The Morgan fingerprint density at radius 1 is 0.721 bits per heavy atom. The van der Waals surface area contributed by atoms with Gasteiger partial charge in [-0.2, -0.15) is 0 Å². The number of hydrogen-bond acceptors (Lipinski definition) is 5. The Morgan fingerprint density at radius 3 is 1.98 bits per heavy atom. The lowest BCUT2D eigenvalue weighted by atomic mass is 10.0. The van der Waals surface area contributed by atoms with Gasteiger partial charge in [0.2, 0.25) is 0 Å². The van der Waals surface area contributed by atoms with Crippen molar-refractivity contribution in [2.75, 3.05) is 10.6 Å². The van der Waals surface area contributed by atoms with Crippen LogP contribution in [0.4, 0.5) is 11.4 Å². The van der Waals surface area contributed by atoms with Crippen LogP contribution in [-0.2, 0) is 11.3 Å². The lowest BCUT2D eigenvalue weighted by molar-refractivity contribution is 0.0262. The fourth-order valence-corrected chi connectivity index (χ4v) is 4.66. The van der Waals surface area contributed by atoms with Crippen LogP contribution in [0.15, 0.2) is 133 Å². The van der Waals surface area contributed by atoms with Crippen molar-refractivity contribution in [1.29, 1.82) is 0 Å². The molecule has 0 aliphatic rings. The normalized spacial score (nSPS) is 12.0. The molecule has 0 aliphatic heterocycles. The predicted octanol–water partition coefficient (Wildman–Crippen LogP) is 8.23. The number of carbonyl (C=O) groups is 2. The Balaban J connectivity index is 1.41. The Kier molecular flexibility index (Phi) is 9.49. The minimum Gasteiger partial charge on any atom is -0.487 e. The largest absolute Gasteiger partial charge is 0.487 e. The van der Waals surface area contributed by atoms with Crippen molar-refractivity contribution in [3.8, 4) is 5.75 Å². The molecule has 6 nitrogen and oxygen atoms in total. The number of ether oxygens (including phenoxy) is 2. The van der Waals surface area contributed by atoms with Gasteiger partial charge in [-0.25, -0.2) is 4.79 Å². The molecule has 2 unspecified atom stereocenters. The molecular weight excluding hydrogens is 536 g/mol. The van der Waals surface area contributed by atoms with Gasteiger partial charge in [-0.3, -0.25) is 4.79 Å². The van der Waals surface area contributed by atoms with Crippen molar-refractivity contribution in [3.63, 3.8) is 0 Å². The first-order valence-electron chi connectivity index (χ1n) is 14.2. The smallest absolute Gasteiger partial charge is 0.338 e. The van der Waals surface area contributed by atoms with Gasteiger partial charge in [0, 0.05) is 17.3 Å². The highest BCUT2D eigenvalue weighted by atomic mass is 16.5. The van der Waals surface area contributed by atoms with Gasteiger partial charge in [-0.15, -0.1) is 0 Å². The van der Waals surface area contributed by atoms with Crippen LogP contribution in [0.2, 0.25) is 0 Å². The van der Waals surface area contributed by atoms with Crippen LogP contribution in [0.5, 0.6) is 5.75 Å². The van der Waals surface area contributed by atoms with Gasteiger partial charge in [0.25, 0.3) is 5.91 Å². The number of amides is 1. The van der Waals surface area contributed by atoms with Gasteiger partial charge in [-0.1, -0.05) is 96.6 Å². The maximum atomic E-state index is 13.1. The third-order valence-electron chi connectivity index (χ3n) is 7.00. The minimum atomic E-state index is -0.590. The van der Waals surface area contributed by atoms with E-state index in [1.807, 2.05) is 117 Å². The number of carbonyl (C=O) groups excluding carboxylic acids is 2. The van der Waals surface area contributed by atoms with Crippen molar-refractivity contribution in [1.82, 2.24) is 0 Å². The van der Waals surface area contributed by atoms with Gasteiger partial charge in [0.05, 0.1) is 17.3 Å². The number of benzene rings is 5. The Bertz CT molecular complexity index is 1640. The molecule has 0 radical (unpaired) electrons. The van der Waals surface area contributed by atoms with Gasteiger partial charge in [0.15, 0.2) is 0 Å². The lowest BCUT2D eigenvalue weighted by Crippen LogP contribution is -2.28. The fourth-order valence-electron chi connectivity index (χ4n) is 4.66.